The van der Waals surface area contributed by atoms with Gasteiger partial charge in [-0.15, -0.1) is 0 Å². The Hall–Kier alpha value is -1.60. The van der Waals surface area contributed by atoms with E-state index in [1.807, 2.05) is 30.3 Å². The highest BCUT2D eigenvalue weighted by Gasteiger charge is 2.28. The van der Waals surface area contributed by atoms with Crippen LogP contribution in [0.1, 0.15) is 56.2 Å². The van der Waals surface area contributed by atoms with Gasteiger partial charge in [-0.1, -0.05) is 81.8 Å². The molecule has 0 aromatic heterocycles. The highest BCUT2D eigenvalue weighted by molar-refractivity contribution is 5.29. The number of benzene rings is 2. The summed E-state index contributed by atoms with van der Waals surface area (Å²) < 4.78 is 0. The van der Waals surface area contributed by atoms with E-state index in [2.05, 4.69) is 45.0 Å². The van der Waals surface area contributed by atoms with Gasteiger partial charge in [0.1, 0.15) is 0 Å². The molecule has 1 heteroatoms. The van der Waals surface area contributed by atoms with E-state index in [0.717, 1.165) is 18.4 Å². The van der Waals surface area contributed by atoms with E-state index >= 15 is 0 Å². The zero-order valence-electron chi connectivity index (χ0n) is 13.3. The quantitative estimate of drug-likeness (QED) is 0.787. The smallest absolute Gasteiger partial charge is 0.0936 e. The molecule has 1 N–H and O–H groups in total. The maximum atomic E-state index is 11.1. The minimum Gasteiger partial charge on any atom is -0.385 e. The fraction of sp³-hybridized carbons (Fsp3) is 0.400. The first kappa shape index (κ1) is 15.8. The monoisotopic (exact) mass is 282 g/mol. The Labute approximate surface area is 128 Å². The third-order valence-corrected chi connectivity index (χ3v) is 4.12. The summed E-state index contributed by atoms with van der Waals surface area (Å²) in [5, 5.41) is 11.1. The number of rotatable bonds is 6. The van der Waals surface area contributed by atoms with E-state index in [9.17, 15) is 5.11 Å². The zero-order valence-corrected chi connectivity index (χ0v) is 13.3. The molecule has 1 nitrogen and oxygen atoms in total. The lowest BCUT2D eigenvalue weighted by Crippen LogP contribution is -2.28. The van der Waals surface area contributed by atoms with Gasteiger partial charge in [-0.05, 0) is 29.0 Å². The molecule has 0 aliphatic heterocycles. The van der Waals surface area contributed by atoms with Crippen molar-refractivity contribution in [3.63, 3.8) is 0 Å². The summed E-state index contributed by atoms with van der Waals surface area (Å²) in [4.78, 5) is 0. The van der Waals surface area contributed by atoms with E-state index < -0.39 is 5.60 Å². The van der Waals surface area contributed by atoms with Gasteiger partial charge in [0.25, 0.3) is 0 Å². The highest BCUT2D eigenvalue weighted by Crippen LogP contribution is 2.31. The molecule has 1 atom stereocenters. The molecule has 0 aliphatic rings. The summed E-state index contributed by atoms with van der Waals surface area (Å²) in [6.45, 7) is 6.52. The van der Waals surface area contributed by atoms with Crippen molar-refractivity contribution in [2.75, 3.05) is 0 Å². The van der Waals surface area contributed by atoms with Gasteiger partial charge in [-0.3, -0.25) is 0 Å². The van der Waals surface area contributed by atoms with Crippen LogP contribution in [-0.4, -0.2) is 5.11 Å². The van der Waals surface area contributed by atoms with Gasteiger partial charge in [0.2, 0.25) is 0 Å². The molecule has 2 aromatic rings. The topological polar surface area (TPSA) is 20.2 Å². The molecule has 0 radical (unpaired) electrons. The zero-order chi connectivity index (χ0) is 15.3. The third-order valence-electron chi connectivity index (χ3n) is 4.12. The van der Waals surface area contributed by atoms with Crippen LogP contribution in [0.3, 0.4) is 0 Å². The normalized spacial score (nSPS) is 14.1. The Morgan fingerprint density at radius 2 is 1.57 bits per heavy atom. The van der Waals surface area contributed by atoms with Crippen LogP contribution in [0.4, 0.5) is 0 Å². The van der Waals surface area contributed by atoms with E-state index in [0.29, 0.717) is 12.3 Å². The first-order chi connectivity index (χ1) is 10.0. The van der Waals surface area contributed by atoms with Crippen molar-refractivity contribution >= 4 is 0 Å². The number of hydrogen-bond acceptors (Lipinski definition) is 1. The molecular weight excluding hydrogens is 256 g/mol. The molecule has 2 rings (SSSR count). The van der Waals surface area contributed by atoms with Crippen LogP contribution in [0, 0.1) is 0 Å². The number of hydrogen-bond donors (Lipinski definition) is 1. The van der Waals surface area contributed by atoms with Gasteiger partial charge in [0.05, 0.1) is 5.60 Å². The molecular formula is C20H26O. The minimum atomic E-state index is -0.768. The van der Waals surface area contributed by atoms with Crippen LogP contribution in [0.25, 0.3) is 0 Å². The standard InChI is InChI=1S/C20H26O/c1-4-14-20(21,19-8-6-5-7-9-19)15-17-10-12-18(13-11-17)16(2)3/h5-13,16,21H,4,14-15H2,1-3H3. The average molecular weight is 282 g/mol. The fourth-order valence-electron chi connectivity index (χ4n) is 2.85. The molecule has 0 spiro atoms. The van der Waals surface area contributed by atoms with Gasteiger partial charge in [-0.2, -0.15) is 0 Å². The maximum Gasteiger partial charge on any atom is 0.0936 e. The molecule has 1 unspecified atom stereocenters. The van der Waals surface area contributed by atoms with E-state index in [1.165, 1.54) is 11.1 Å². The minimum absolute atomic E-state index is 0.544. The van der Waals surface area contributed by atoms with Gasteiger partial charge in [-0.25, -0.2) is 0 Å². The van der Waals surface area contributed by atoms with Crippen LogP contribution >= 0.6 is 0 Å². The van der Waals surface area contributed by atoms with E-state index in [-0.39, 0.29) is 0 Å². The summed E-state index contributed by atoms with van der Waals surface area (Å²) in [6, 6.07) is 18.7. The molecule has 0 bridgehead atoms. The van der Waals surface area contributed by atoms with Crippen LogP contribution in [-0.2, 0) is 12.0 Å². The SMILES string of the molecule is CCCC(O)(Cc1ccc(C(C)C)cc1)c1ccccc1. The van der Waals surface area contributed by atoms with Gasteiger partial charge in [0, 0.05) is 6.42 Å². The Morgan fingerprint density at radius 3 is 2.10 bits per heavy atom. The molecule has 0 heterocycles. The lowest BCUT2D eigenvalue weighted by molar-refractivity contribution is 0.0269. The van der Waals surface area contributed by atoms with Crippen molar-refractivity contribution in [3.8, 4) is 0 Å². The lowest BCUT2D eigenvalue weighted by atomic mass is 9.83. The fourth-order valence-corrected chi connectivity index (χ4v) is 2.85. The first-order valence-electron chi connectivity index (χ1n) is 7.92. The lowest BCUT2D eigenvalue weighted by Gasteiger charge is -2.29. The maximum absolute atomic E-state index is 11.1. The van der Waals surface area contributed by atoms with Gasteiger partial charge in [0.15, 0.2) is 0 Å². The van der Waals surface area contributed by atoms with Gasteiger partial charge >= 0.3 is 0 Å². The molecule has 0 amide bonds. The Bertz CT molecular complexity index is 542. The molecule has 2 aromatic carbocycles. The van der Waals surface area contributed by atoms with Crippen molar-refractivity contribution in [1.82, 2.24) is 0 Å². The van der Waals surface area contributed by atoms with Crippen LogP contribution in [0.15, 0.2) is 54.6 Å². The molecule has 112 valence electrons. The molecule has 0 fully saturated rings. The van der Waals surface area contributed by atoms with Crippen molar-refractivity contribution in [2.24, 2.45) is 0 Å². The molecule has 0 aliphatic carbocycles. The first-order valence-corrected chi connectivity index (χ1v) is 7.92. The Balaban J connectivity index is 2.23. The van der Waals surface area contributed by atoms with Crippen molar-refractivity contribution in [1.29, 1.82) is 0 Å². The summed E-state index contributed by atoms with van der Waals surface area (Å²) in [5.74, 6) is 0.544. The number of aliphatic hydroxyl groups is 1. The highest BCUT2D eigenvalue weighted by atomic mass is 16.3. The average Bonchev–Trinajstić information content (AvgIpc) is 2.49. The van der Waals surface area contributed by atoms with Crippen LogP contribution in [0.5, 0.6) is 0 Å². The predicted molar refractivity (Wildman–Crippen MR) is 89.5 cm³/mol. The molecule has 21 heavy (non-hydrogen) atoms. The van der Waals surface area contributed by atoms with E-state index in [4.69, 9.17) is 0 Å². The predicted octanol–water partition coefficient (Wildman–Crippen LogP) is 5.04. The summed E-state index contributed by atoms with van der Waals surface area (Å²) >= 11 is 0. The van der Waals surface area contributed by atoms with Gasteiger partial charge < -0.3 is 5.11 Å². The largest absolute Gasteiger partial charge is 0.385 e. The second-order valence-electron chi connectivity index (χ2n) is 6.22. The Kier molecular flexibility index (Phi) is 5.19. The summed E-state index contributed by atoms with van der Waals surface area (Å²) in [7, 11) is 0. The molecule has 0 saturated carbocycles. The summed E-state index contributed by atoms with van der Waals surface area (Å²) in [6.07, 6.45) is 2.42. The summed E-state index contributed by atoms with van der Waals surface area (Å²) in [5.41, 5.74) is 2.78. The van der Waals surface area contributed by atoms with Crippen molar-refractivity contribution < 1.29 is 5.11 Å². The third kappa shape index (κ3) is 3.95. The second-order valence-corrected chi connectivity index (χ2v) is 6.22. The van der Waals surface area contributed by atoms with Crippen LogP contribution in [0.2, 0.25) is 0 Å². The van der Waals surface area contributed by atoms with E-state index in [1.54, 1.807) is 0 Å². The second kappa shape index (κ2) is 6.91. The molecule has 0 saturated heterocycles. The Morgan fingerprint density at radius 1 is 0.952 bits per heavy atom. The van der Waals surface area contributed by atoms with Crippen molar-refractivity contribution in [3.05, 3.63) is 71.3 Å². The van der Waals surface area contributed by atoms with Crippen molar-refractivity contribution in [2.45, 2.75) is 51.6 Å². The van der Waals surface area contributed by atoms with Crippen LogP contribution < -0.4 is 0 Å².